The van der Waals surface area contributed by atoms with E-state index in [2.05, 4.69) is 65.5 Å². The third kappa shape index (κ3) is 2.73. The average Bonchev–Trinajstić information content (AvgIpc) is 3.08. The van der Waals surface area contributed by atoms with Crippen LogP contribution in [0, 0.1) is 6.92 Å². The lowest BCUT2D eigenvalue weighted by Crippen LogP contribution is -1.99. The van der Waals surface area contributed by atoms with Gasteiger partial charge in [0.25, 0.3) is 0 Å². The van der Waals surface area contributed by atoms with Crippen LogP contribution in [0.3, 0.4) is 0 Å². The molecular weight excluding hydrogens is 282 g/mol. The zero-order valence-corrected chi connectivity index (χ0v) is 13.0. The monoisotopic (exact) mass is 299 g/mol. The molecular formula is C20H17N3. The van der Waals surface area contributed by atoms with E-state index in [0.717, 1.165) is 17.6 Å². The van der Waals surface area contributed by atoms with Crippen molar-refractivity contribution >= 4 is 10.9 Å². The van der Waals surface area contributed by atoms with Crippen molar-refractivity contribution in [2.45, 2.75) is 13.5 Å². The Morgan fingerprint density at radius 1 is 0.957 bits per heavy atom. The predicted octanol–water partition coefficient (Wildman–Crippen LogP) is 4.46. The van der Waals surface area contributed by atoms with Gasteiger partial charge in [0.05, 0.1) is 12.1 Å². The summed E-state index contributed by atoms with van der Waals surface area (Å²) in [7, 11) is 0. The topological polar surface area (TPSA) is 30.7 Å². The lowest BCUT2D eigenvalue weighted by atomic mass is 10.0. The molecule has 4 aromatic rings. The quantitative estimate of drug-likeness (QED) is 0.559. The summed E-state index contributed by atoms with van der Waals surface area (Å²) in [4.78, 5) is 4.63. The van der Waals surface area contributed by atoms with E-state index in [1.807, 2.05) is 23.1 Å². The van der Waals surface area contributed by atoms with Crippen molar-refractivity contribution in [1.29, 1.82) is 0 Å². The number of aromatic nitrogens is 3. The fourth-order valence-electron chi connectivity index (χ4n) is 2.85. The highest BCUT2D eigenvalue weighted by atomic mass is 15.3. The van der Waals surface area contributed by atoms with Crippen LogP contribution < -0.4 is 0 Å². The lowest BCUT2D eigenvalue weighted by Gasteiger charge is -2.07. The van der Waals surface area contributed by atoms with Crippen LogP contribution in [-0.2, 0) is 6.54 Å². The molecule has 4 rings (SSSR count). The second-order valence-corrected chi connectivity index (χ2v) is 5.77. The number of aryl methyl sites for hydroxylation is 1. The summed E-state index contributed by atoms with van der Waals surface area (Å²) in [5.41, 5.74) is 5.86. The zero-order valence-electron chi connectivity index (χ0n) is 13.0. The molecule has 0 aliphatic carbocycles. The molecule has 2 aromatic heterocycles. The van der Waals surface area contributed by atoms with E-state index in [0.29, 0.717) is 0 Å². The van der Waals surface area contributed by atoms with Crippen molar-refractivity contribution in [3.05, 3.63) is 84.3 Å². The number of benzene rings is 2. The molecule has 0 bridgehead atoms. The van der Waals surface area contributed by atoms with Gasteiger partial charge >= 0.3 is 0 Å². The van der Waals surface area contributed by atoms with E-state index in [-0.39, 0.29) is 0 Å². The first-order chi connectivity index (χ1) is 11.3. The highest BCUT2D eigenvalue weighted by Gasteiger charge is 2.03. The lowest BCUT2D eigenvalue weighted by molar-refractivity contribution is 0.687. The van der Waals surface area contributed by atoms with Crippen molar-refractivity contribution in [2.75, 3.05) is 0 Å². The molecule has 0 aliphatic rings. The maximum Gasteiger partial charge on any atom is 0.0731 e. The Morgan fingerprint density at radius 3 is 2.61 bits per heavy atom. The fourth-order valence-corrected chi connectivity index (χ4v) is 2.85. The molecule has 23 heavy (non-hydrogen) atoms. The van der Waals surface area contributed by atoms with Crippen LogP contribution in [-0.4, -0.2) is 14.8 Å². The van der Waals surface area contributed by atoms with Gasteiger partial charge in [0.2, 0.25) is 0 Å². The van der Waals surface area contributed by atoms with Crippen LogP contribution in [0.2, 0.25) is 0 Å². The molecule has 0 unspecified atom stereocenters. The Hall–Kier alpha value is -2.94. The predicted molar refractivity (Wildman–Crippen MR) is 93.2 cm³/mol. The van der Waals surface area contributed by atoms with Crippen molar-refractivity contribution in [1.82, 2.24) is 14.8 Å². The van der Waals surface area contributed by atoms with Gasteiger partial charge in [-0.05, 0) is 35.7 Å². The van der Waals surface area contributed by atoms with Crippen molar-refractivity contribution in [3.8, 4) is 11.1 Å². The fraction of sp³-hybridized carbons (Fsp3) is 0.100. The van der Waals surface area contributed by atoms with E-state index < -0.39 is 0 Å². The summed E-state index contributed by atoms with van der Waals surface area (Å²) in [6.45, 7) is 2.89. The Balaban J connectivity index is 1.65. The summed E-state index contributed by atoms with van der Waals surface area (Å²) in [5, 5.41) is 5.42. The van der Waals surface area contributed by atoms with Gasteiger partial charge in [-0.2, -0.15) is 5.10 Å². The third-order valence-corrected chi connectivity index (χ3v) is 4.10. The summed E-state index contributed by atoms with van der Waals surface area (Å²) < 4.78 is 1.93. The highest BCUT2D eigenvalue weighted by molar-refractivity contribution is 5.85. The smallest absolute Gasteiger partial charge is 0.0731 e. The Labute approximate surface area is 135 Å². The number of hydrogen-bond donors (Lipinski definition) is 0. The van der Waals surface area contributed by atoms with Gasteiger partial charge in [0.15, 0.2) is 0 Å². The molecule has 0 atom stereocenters. The number of hydrogen-bond acceptors (Lipinski definition) is 2. The summed E-state index contributed by atoms with van der Waals surface area (Å²) in [5.74, 6) is 0. The molecule has 2 aromatic carbocycles. The summed E-state index contributed by atoms with van der Waals surface area (Å²) in [6.07, 6.45) is 5.73. The summed E-state index contributed by atoms with van der Waals surface area (Å²) in [6, 6.07) is 19.0. The number of nitrogens with zero attached hydrogens (tertiary/aromatic N) is 3. The van der Waals surface area contributed by atoms with Gasteiger partial charge < -0.3 is 0 Å². The van der Waals surface area contributed by atoms with E-state index in [9.17, 15) is 0 Å². The minimum Gasteiger partial charge on any atom is -0.268 e. The third-order valence-electron chi connectivity index (χ3n) is 4.10. The first kappa shape index (κ1) is 13.7. The van der Waals surface area contributed by atoms with E-state index in [1.165, 1.54) is 22.1 Å². The number of pyridine rings is 1. The molecule has 3 heteroatoms. The molecule has 0 amide bonds. The minimum absolute atomic E-state index is 0.794. The first-order valence-electron chi connectivity index (χ1n) is 7.72. The van der Waals surface area contributed by atoms with Gasteiger partial charge in [0, 0.05) is 29.5 Å². The van der Waals surface area contributed by atoms with Gasteiger partial charge in [0.1, 0.15) is 0 Å². The summed E-state index contributed by atoms with van der Waals surface area (Å²) >= 11 is 0. The Bertz CT molecular complexity index is 938. The average molecular weight is 299 g/mol. The molecule has 0 aliphatic heterocycles. The normalized spacial score (nSPS) is 11.0. The van der Waals surface area contributed by atoms with Crippen LogP contribution in [0.4, 0.5) is 0 Å². The van der Waals surface area contributed by atoms with E-state index >= 15 is 0 Å². The first-order valence-corrected chi connectivity index (χ1v) is 7.72. The van der Waals surface area contributed by atoms with Crippen LogP contribution in [0.15, 0.2) is 73.2 Å². The van der Waals surface area contributed by atoms with Gasteiger partial charge in [-0.15, -0.1) is 0 Å². The number of rotatable bonds is 3. The zero-order chi connectivity index (χ0) is 15.6. The second-order valence-electron chi connectivity index (χ2n) is 5.77. The molecule has 0 fully saturated rings. The van der Waals surface area contributed by atoms with Crippen molar-refractivity contribution in [3.63, 3.8) is 0 Å². The molecule has 0 saturated carbocycles. The number of para-hydroxylation sites is 1. The van der Waals surface area contributed by atoms with E-state index in [1.54, 1.807) is 6.20 Å². The maximum atomic E-state index is 4.63. The Morgan fingerprint density at radius 2 is 1.83 bits per heavy atom. The Kier molecular flexibility index (Phi) is 3.39. The van der Waals surface area contributed by atoms with Gasteiger partial charge in [-0.1, -0.05) is 42.5 Å². The SMILES string of the molecule is Cc1cccc2cc(-c3ccc(Cn4cccn4)cc3)cnc12. The largest absolute Gasteiger partial charge is 0.268 e. The minimum atomic E-state index is 0.794. The number of fused-ring (bicyclic) bond motifs is 1. The molecule has 2 heterocycles. The highest BCUT2D eigenvalue weighted by Crippen LogP contribution is 2.24. The standard InChI is InChI=1S/C20H17N3/c1-15-4-2-5-18-12-19(13-21-20(15)18)17-8-6-16(7-9-17)14-23-11-3-10-22-23/h2-13H,14H2,1H3. The molecule has 0 spiro atoms. The molecule has 112 valence electrons. The van der Waals surface area contributed by atoms with Crippen molar-refractivity contribution < 1.29 is 0 Å². The molecule has 0 N–H and O–H groups in total. The van der Waals surface area contributed by atoms with Crippen molar-refractivity contribution in [2.24, 2.45) is 0 Å². The van der Waals surface area contributed by atoms with Crippen LogP contribution >= 0.6 is 0 Å². The van der Waals surface area contributed by atoms with E-state index in [4.69, 9.17) is 0 Å². The molecule has 0 radical (unpaired) electrons. The molecule has 0 saturated heterocycles. The van der Waals surface area contributed by atoms with Gasteiger partial charge in [-0.3, -0.25) is 9.67 Å². The van der Waals surface area contributed by atoms with Crippen LogP contribution in [0.5, 0.6) is 0 Å². The molecule has 3 nitrogen and oxygen atoms in total. The van der Waals surface area contributed by atoms with Crippen LogP contribution in [0.1, 0.15) is 11.1 Å². The van der Waals surface area contributed by atoms with Gasteiger partial charge in [-0.25, -0.2) is 0 Å². The second kappa shape index (κ2) is 5.69. The van der Waals surface area contributed by atoms with Crippen LogP contribution in [0.25, 0.3) is 22.0 Å². The maximum absolute atomic E-state index is 4.63.